The van der Waals surface area contributed by atoms with Gasteiger partial charge in [-0.05, 0) is 36.8 Å². The Balaban J connectivity index is 1.43. The third-order valence-corrected chi connectivity index (χ3v) is 7.05. The Hall–Kier alpha value is -3.89. The molecule has 4 aromatic rings. The van der Waals surface area contributed by atoms with Gasteiger partial charge in [-0.15, -0.1) is 0 Å². The molecule has 1 heterocycles. The number of carboxylic acid groups (broad SMARTS) is 1. The molecule has 0 spiro atoms. The first-order valence-electron chi connectivity index (χ1n) is 10.8. The van der Waals surface area contributed by atoms with Crippen LogP contribution in [-0.2, 0) is 26.2 Å². The molecule has 0 fully saturated rings. The molecule has 0 aliphatic carbocycles. The molecule has 10 heteroatoms. The van der Waals surface area contributed by atoms with Crippen LogP contribution in [0.2, 0.25) is 0 Å². The lowest BCUT2D eigenvalue weighted by Gasteiger charge is -2.15. The Morgan fingerprint density at radius 1 is 1.00 bits per heavy atom. The average Bonchev–Trinajstić information content (AvgIpc) is 3.23. The Kier molecular flexibility index (Phi) is 7.04. The van der Waals surface area contributed by atoms with Crippen LogP contribution in [-0.4, -0.2) is 38.6 Å². The second-order valence-corrected chi connectivity index (χ2v) is 9.61. The number of para-hydroxylation sites is 2. The van der Waals surface area contributed by atoms with Crippen molar-refractivity contribution in [2.75, 3.05) is 7.11 Å². The first kappa shape index (κ1) is 24.2. The number of hydrogen-bond acceptors (Lipinski definition) is 6. The molecule has 3 aromatic carbocycles. The Labute approximate surface area is 201 Å². The number of methoxy groups -OCH3 is 1. The summed E-state index contributed by atoms with van der Waals surface area (Å²) in [4.78, 5) is 23.9. The molecule has 0 saturated heterocycles. The quantitative estimate of drug-likeness (QED) is 0.306. The summed E-state index contributed by atoms with van der Waals surface area (Å²) in [5.74, 6) is -1.17. The van der Waals surface area contributed by atoms with Crippen molar-refractivity contribution in [3.8, 4) is 5.75 Å². The number of benzene rings is 3. The fraction of sp³-hybridized carbons (Fsp3) is 0.200. The van der Waals surface area contributed by atoms with Crippen LogP contribution in [0.5, 0.6) is 5.75 Å². The molecule has 9 nitrogen and oxygen atoms in total. The van der Waals surface area contributed by atoms with E-state index in [4.69, 9.17) is 9.15 Å². The number of hydrogen-bond donors (Lipinski definition) is 3. The van der Waals surface area contributed by atoms with Crippen LogP contribution in [0.25, 0.3) is 21.9 Å². The summed E-state index contributed by atoms with van der Waals surface area (Å²) in [7, 11) is -2.65. The van der Waals surface area contributed by atoms with Gasteiger partial charge in [-0.2, -0.15) is 4.72 Å². The maximum Gasteiger partial charge on any atom is 0.321 e. The summed E-state index contributed by atoms with van der Waals surface area (Å²) in [6, 6.07) is 17.3. The Morgan fingerprint density at radius 2 is 1.71 bits per heavy atom. The van der Waals surface area contributed by atoms with Crippen molar-refractivity contribution < 1.29 is 32.3 Å². The van der Waals surface area contributed by atoms with E-state index in [9.17, 15) is 23.1 Å². The molecular formula is C25H24N2O7S. The zero-order valence-corrected chi connectivity index (χ0v) is 19.7. The average molecular weight is 497 g/mol. The Morgan fingerprint density at radius 3 is 2.49 bits per heavy atom. The zero-order chi connectivity index (χ0) is 25.0. The minimum absolute atomic E-state index is 0.0940. The molecule has 1 aromatic heterocycles. The predicted octanol–water partition coefficient (Wildman–Crippen LogP) is 3.42. The van der Waals surface area contributed by atoms with E-state index in [1.54, 1.807) is 24.3 Å². The minimum Gasteiger partial charge on any atom is -0.496 e. The number of carbonyl (C=O) groups is 2. The van der Waals surface area contributed by atoms with Crippen molar-refractivity contribution in [2.24, 2.45) is 0 Å². The van der Waals surface area contributed by atoms with E-state index < -0.39 is 27.9 Å². The fourth-order valence-electron chi connectivity index (χ4n) is 3.77. The van der Waals surface area contributed by atoms with Crippen LogP contribution in [0.1, 0.15) is 18.4 Å². The highest BCUT2D eigenvalue weighted by Crippen LogP contribution is 2.30. The number of furan rings is 1. The highest BCUT2D eigenvalue weighted by Gasteiger charge is 2.26. The maximum absolute atomic E-state index is 13.0. The van der Waals surface area contributed by atoms with Crippen LogP contribution in [0, 0.1) is 0 Å². The molecule has 4 rings (SSSR count). The molecule has 182 valence electrons. The monoisotopic (exact) mass is 496 g/mol. The fourth-order valence-corrected chi connectivity index (χ4v) is 5.02. The molecule has 1 amide bonds. The van der Waals surface area contributed by atoms with Crippen molar-refractivity contribution in [3.63, 3.8) is 0 Å². The zero-order valence-electron chi connectivity index (χ0n) is 18.9. The highest BCUT2D eigenvalue weighted by atomic mass is 32.2. The number of nitrogens with one attached hydrogen (secondary N) is 2. The summed E-state index contributed by atoms with van der Waals surface area (Å²) >= 11 is 0. The lowest BCUT2D eigenvalue weighted by molar-refractivity contribution is -0.139. The van der Waals surface area contributed by atoms with E-state index >= 15 is 0 Å². The third kappa shape index (κ3) is 5.44. The van der Waals surface area contributed by atoms with Gasteiger partial charge >= 0.3 is 5.97 Å². The summed E-state index contributed by atoms with van der Waals surface area (Å²) in [5.41, 5.74) is 1.90. The number of rotatable bonds is 10. The van der Waals surface area contributed by atoms with E-state index in [2.05, 4.69) is 10.0 Å². The number of fused-ring (bicyclic) bond motifs is 3. The van der Waals surface area contributed by atoms with Gasteiger partial charge in [0.1, 0.15) is 23.0 Å². The highest BCUT2D eigenvalue weighted by molar-refractivity contribution is 7.89. The van der Waals surface area contributed by atoms with Gasteiger partial charge in [-0.1, -0.05) is 36.4 Å². The summed E-state index contributed by atoms with van der Waals surface area (Å²) in [6.07, 6.45) is -0.400. The van der Waals surface area contributed by atoms with Gasteiger partial charge in [0, 0.05) is 29.3 Å². The number of carboxylic acids is 1. The summed E-state index contributed by atoms with van der Waals surface area (Å²) in [6.45, 7) is 0.199. The van der Waals surface area contributed by atoms with Crippen LogP contribution >= 0.6 is 0 Å². The van der Waals surface area contributed by atoms with Crippen molar-refractivity contribution in [1.29, 1.82) is 0 Å². The van der Waals surface area contributed by atoms with E-state index in [1.165, 1.54) is 25.3 Å². The lowest BCUT2D eigenvalue weighted by Crippen LogP contribution is -2.41. The normalized spacial score (nSPS) is 12.5. The number of sulfonamides is 1. The molecule has 35 heavy (non-hydrogen) atoms. The molecule has 0 saturated carbocycles. The van der Waals surface area contributed by atoms with Gasteiger partial charge in [0.15, 0.2) is 0 Å². The second-order valence-electron chi connectivity index (χ2n) is 7.90. The van der Waals surface area contributed by atoms with Crippen LogP contribution in [0.4, 0.5) is 0 Å². The maximum atomic E-state index is 13.0. The smallest absolute Gasteiger partial charge is 0.321 e. The molecule has 0 bridgehead atoms. The van der Waals surface area contributed by atoms with Crippen molar-refractivity contribution in [3.05, 3.63) is 72.3 Å². The van der Waals surface area contributed by atoms with Gasteiger partial charge in [-0.25, -0.2) is 8.42 Å². The first-order valence-corrected chi connectivity index (χ1v) is 12.3. The van der Waals surface area contributed by atoms with Gasteiger partial charge in [0.05, 0.1) is 12.0 Å². The van der Waals surface area contributed by atoms with E-state index in [-0.39, 0.29) is 24.3 Å². The number of carbonyl (C=O) groups excluding carboxylic acids is 1. The molecule has 0 radical (unpaired) electrons. The summed E-state index contributed by atoms with van der Waals surface area (Å²) in [5, 5.41) is 13.6. The molecule has 0 aliphatic rings. The molecular weight excluding hydrogens is 472 g/mol. The third-order valence-electron chi connectivity index (χ3n) is 5.58. The topological polar surface area (TPSA) is 135 Å². The largest absolute Gasteiger partial charge is 0.496 e. The molecule has 1 unspecified atom stereocenters. The van der Waals surface area contributed by atoms with Crippen molar-refractivity contribution in [1.82, 2.24) is 10.0 Å². The first-order chi connectivity index (χ1) is 16.8. The van der Waals surface area contributed by atoms with Crippen LogP contribution in [0.3, 0.4) is 0 Å². The molecule has 3 N–H and O–H groups in total. The lowest BCUT2D eigenvalue weighted by atomic mass is 10.1. The standard InChI is InChI=1S/C25H24N2O7S/c1-33-21-8-4-2-6-16(21)15-26-24(28)13-11-20(25(29)30)27-35(31,32)17-10-12-23-19(14-17)18-7-3-5-9-22(18)34-23/h2-10,12,14,20,27H,11,13,15H2,1H3,(H,26,28)(H,29,30). The predicted molar refractivity (Wildman–Crippen MR) is 130 cm³/mol. The van der Waals surface area contributed by atoms with Crippen LogP contribution < -0.4 is 14.8 Å². The molecule has 0 aliphatic heterocycles. The van der Waals surface area contributed by atoms with E-state index in [0.29, 0.717) is 22.3 Å². The number of ether oxygens (including phenoxy) is 1. The van der Waals surface area contributed by atoms with E-state index in [1.807, 2.05) is 24.3 Å². The summed E-state index contributed by atoms with van der Waals surface area (Å²) < 4.78 is 39.1. The van der Waals surface area contributed by atoms with Gasteiger partial charge in [0.2, 0.25) is 15.9 Å². The van der Waals surface area contributed by atoms with Crippen molar-refractivity contribution >= 4 is 43.8 Å². The van der Waals surface area contributed by atoms with Gasteiger partial charge in [-0.3, -0.25) is 9.59 Å². The SMILES string of the molecule is COc1ccccc1CNC(=O)CCC(NS(=O)(=O)c1ccc2oc3ccccc3c2c1)C(=O)O. The number of aliphatic carboxylic acids is 1. The van der Waals surface area contributed by atoms with Crippen LogP contribution in [0.15, 0.2) is 76.0 Å². The van der Waals surface area contributed by atoms with E-state index in [0.717, 1.165) is 10.9 Å². The minimum atomic E-state index is -4.18. The number of amides is 1. The van der Waals surface area contributed by atoms with Gasteiger partial charge in [0.25, 0.3) is 0 Å². The van der Waals surface area contributed by atoms with Crippen molar-refractivity contribution in [2.45, 2.75) is 30.3 Å². The Bertz CT molecular complexity index is 1490. The van der Waals surface area contributed by atoms with Gasteiger partial charge < -0.3 is 19.6 Å². The second kappa shape index (κ2) is 10.2. The molecule has 1 atom stereocenters.